The summed E-state index contributed by atoms with van der Waals surface area (Å²) >= 11 is 0. The fraction of sp³-hybridized carbons (Fsp3) is 0. The van der Waals surface area contributed by atoms with Crippen LogP contribution in [0.2, 0.25) is 0 Å². The maximum Gasteiger partial charge on any atom is 0.216 e. The molecule has 0 fully saturated rings. The summed E-state index contributed by atoms with van der Waals surface area (Å²) in [5.74, 6) is 0. The van der Waals surface area contributed by atoms with Gasteiger partial charge in [0.15, 0.2) is 6.21 Å². The predicted octanol–water partition coefficient (Wildman–Crippen LogP) is 3.29. The van der Waals surface area contributed by atoms with Gasteiger partial charge < -0.3 is 5.21 Å². The molecule has 0 aliphatic rings. The highest BCUT2D eigenvalue weighted by Crippen LogP contribution is 2.12. The molecule has 0 bridgehead atoms. The summed E-state index contributed by atoms with van der Waals surface area (Å²) in [5.41, 5.74) is 2.13. The monoisotopic (exact) mass is 223 g/mol. The Kier molecular flexibility index (Phi) is 3.36. The zero-order valence-corrected chi connectivity index (χ0v) is 9.41. The van der Waals surface area contributed by atoms with Crippen LogP contribution in [0, 0.1) is 5.21 Å². The summed E-state index contributed by atoms with van der Waals surface area (Å²) in [6.07, 6.45) is 1.52. The van der Waals surface area contributed by atoms with Gasteiger partial charge in [0.25, 0.3) is 0 Å². The minimum atomic E-state index is 0.439. The molecule has 2 aromatic carbocycles. The quantitative estimate of drug-likeness (QED) is 0.339. The summed E-state index contributed by atoms with van der Waals surface area (Å²) < 4.78 is 0.796. The molecule has 2 aromatic rings. The van der Waals surface area contributed by atoms with Gasteiger partial charge in [-0.2, -0.15) is 4.74 Å². The van der Waals surface area contributed by atoms with E-state index in [0.717, 1.165) is 15.9 Å². The van der Waals surface area contributed by atoms with Gasteiger partial charge in [0.1, 0.15) is 0 Å². The lowest BCUT2D eigenvalue weighted by atomic mass is 10.2. The number of rotatable bonds is 3. The smallest absolute Gasteiger partial charge is 0.216 e. The van der Waals surface area contributed by atoms with Crippen molar-refractivity contribution in [3.05, 3.63) is 83.6 Å². The molecule has 0 aromatic heterocycles. The average molecular weight is 223 g/mol. The molecule has 0 saturated heterocycles. The van der Waals surface area contributed by atoms with Gasteiger partial charge in [-0.15, -0.1) is 0 Å². The van der Waals surface area contributed by atoms with Crippen molar-refractivity contribution in [2.24, 2.45) is 0 Å². The first-order valence-electron chi connectivity index (χ1n) is 5.38. The highest BCUT2D eigenvalue weighted by atomic mass is 16.5. The molecule has 2 rings (SSSR count). The van der Waals surface area contributed by atoms with Crippen LogP contribution < -0.4 is 0 Å². The number of benzene rings is 2. The molecular weight excluding hydrogens is 210 g/mol. The van der Waals surface area contributed by atoms with E-state index in [2.05, 4.69) is 6.58 Å². The second kappa shape index (κ2) is 5.12. The molecule has 2 nitrogen and oxygen atoms in total. The normalized spacial score (nSPS) is 11.2. The van der Waals surface area contributed by atoms with E-state index < -0.39 is 0 Å². The van der Waals surface area contributed by atoms with Crippen molar-refractivity contribution in [2.45, 2.75) is 0 Å². The lowest BCUT2D eigenvalue weighted by Crippen LogP contribution is -2.03. The van der Waals surface area contributed by atoms with Crippen LogP contribution >= 0.6 is 0 Å². The standard InChI is InChI=1S/C15H13NO/c1-13(15-10-6-3-7-11-15)16(17)12-14-8-4-2-5-9-14/h2-12H,1H2/b16-12-. The number of hydrogen-bond donors (Lipinski definition) is 0. The fourth-order valence-corrected chi connectivity index (χ4v) is 1.51. The lowest BCUT2D eigenvalue weighted by molar-refractivity contribution is -0.344. The summed E-state index contributed by atoms with van der Waals surface area (Å²) in [5, 5.41) is 11.9. The van der Waals surface area contributed by atoms with Gasteiger partial charge >= 0.3 is 0 Å². The van der Waals surface area contributed by atoms with Crippen molar-refractivity contribution >= 4 is 11.9 Å². The molecule has 0 heterocycles. The maximum atomic E-state index is 11.9. The first-order valence-corrected chi connectivity index (χ1v) is 5.38. The van der Waals surface area contributed by atoms with Crippen LogP contribution in [0.5, 0.6) is 0 Å². The fourth-order valence-electron chi connectivity index (χ4n) is 1.51. The minimum absolute atomic E-state index is 0.439. The summed E-state index contributed by atoms with van der Waals surface area (Å²) in [7, 11) is 0. The number of hydrogen-bond acceptors (Lipinski definition) is 1. The summed E-state index contributed by atoms with van der Waals surface area (Å²) in [6, 6.07) is 18.9. The average Bonchev–Trinajstić information content (AvgIpc) is 2.40. The van der Waals surface area contributed by atoms with Crippen molar-refractivity contribution in [1.82, 2.24) is 0 Å². The molecule has 0 amide bonds. The minimum Gasteiger partial charge on any atom is -0.618 e. The van der Waals surface area contributed by atoms with E-state index in [1.807, 2.05) is 60.7 Å². The zero-order valence-electron chi connectivity index (χ0n) is 9.41. The number of hydroxylamine groups is 1. The molecule has 0 atom stereocenters. The molecule has 0 radical (unpaired) electrons. The molecule has 0 aliphatic heterocycles. The van der Waals surface area contributed by atoms with Gasteiger partial charge in [0.05, 0.1) is 0 Å². The van der Waals surface area contributed by atoms with Crippen molar-refractivity contribution in [2.75, 3.05) is 0 Å². The second-order valence-corrected chi connectivity index (χ2v) is 3.68. The van der Waals surface area contributed by atoms with E-state index >= 15 is 0 Å². The van der Waals surface area contributed by atoms with Crippen LogP contribution in [0.3, 0.4) is 0 Å². The third-order valence-electron chi connectivity index (χ3n) is 2.44. The zero-order chi connectivity index (χ0) is 12.1. The second-order valence-electron chi connectivity index (χ2n) is 3.68. The molecule has 0 N–H and O–H groups in total. The van der Waals surface area contributed by atoms with E-state index in [1.54, 1.807) is 0 Å². The van der Waals surface area contributed by atoms with Crippen LogP contribution in [0.4, 0.5) is 0 Å². The highest BCUT2D eigenvalue weighted by molar-refractivity contribution is 5.77. The van der Waals surface area contributed by atoms with E-state index in [1.165, 1.54) is 6.21 Å². The first kappa shape index (κ1) is 11.1. The van der Waals surface area contributed by atoms with E-state index in [0.29, 0.717) is 5.70 Å². The van der Waals surface area contributed by atoms with E-state index in [4.69, 9.17) is 0 Å². The van der Waals surface area contributed by atoms with Gasteiger partial charge in [0.2, 0.25) is 5.70 Å². The van der Waals surface area contributed by atoms with Crippen LogP contribution in [-0.4, -0.2) is 11.0 Å². The van der Waals surface area contributed by atoms with Gasteiger partial charge in [-0.25, -0.2) is 0 Å². The maximum absolute atomic E-state index is 11.9. The van der Waals surface area contributed by atoms with E-state index in [-0.39, 0.29) is 0 Å². The van der Waals surface area contributed by atoms with Crippen molar-refractivity contribution in [3.8, 4) is 0 Å². The van der Waals surface area contributed by atoms with Gasteiger partial charge in [-0.3, -0.25) is 0 Å². The Morgan fingerprint density at radius 1 is 0.941 bits per heavy atom. The Labute approximate surface area is 101 Å². The lowest BCUT2D eigenvalue weighted by Gasteiger charge is -2.05. The van der Waals surface area contributed by atoms with Gasteiger partial charge in [0, 0.05) is 11.1 Å². The molecular formula is C15H13NO. The molecule has 0 saturated carbocycles. The van der Waals surface area contributed by atoms with Crippen LogP contribution in [0.15, 0.2) is 67.2 Å². The van der Waals surface area contributed by atoms with Crippen molar-refractivity contribution in [1.29, 1.82) is 0 Å². The highest BCUT2D eigenvalue weighted by Gasteiger charge is 2.05. The Bertz CT molecular complexity index is 529. The molecule has 2 heteroatoms. The Morgan fingerprint density at radius 2 is 1.47 bits per heavy atom. The van der Waals surface area contributed by atoms with Crippen LogP contribution in [0.1, 0.15) is 11.1 Å². The van der Waals surface area contributed by atoms with Crippen molar-refractivity contribution in [3.63, 3.8) is 0 Å². The first-order chi connectivity index (χ1) is 8.27. The third-order valence-corrected chi connectivity index (χ3v) is 2.44. The molecule has 0 spiro atoms. The number of nitrogens with zero attached hydrogens (tertiary/aromatic N) is 1. The van der Waals surface area contributed by atoms with Crippen molar-refractivity contribution < 1.29 is 4.74 Å². The molecule has 0 aliphatic carbocycles. The van der Waals surface area contributed by atoms with Gasteiger partial charge in [-0.05, 0) is 30.8 Å². The van der Waals surface area contributed by atoms with E-state index in [9.17, 15) is 5.21 Å². The SMILES string of the molecule is C=C(c1ccccc1)/[N+]([O-])=C/c1ccccc1. The Hall–Kier alpha value is -2.35. The predicted molar refractivity (Wildman–Crippen MR) is 70.7 cm³/mol. The Morgan fingerprint density at radius 3 is 2.06 bits per heavy atom. The van der Waals surface area contributed by atoms with Gasteiger partial charge in [-0.1, -0.05) is 36.4 Å². The molecule has 0 unspecified atom stereocenters. The third kappa shape index (κ3) is 2.82. The van der Waals surface area contributed by atoms with Crippen LogP contribution in [-0.2, 0) is 0 Å². The topological polar surface area (TPSA) is 26.1 Å². The largest absolute Gasteiger partial charge is 0.618 e. The molecule has 17 heavy (non-hydrogen) atoms. The Balaban J connectivity index is 2.24. The molecule has 84 valence electrons. The summed E-state index contributed by atoms with van der Waals surface area (Å²) in [6.45, 7) is 3.80. The summed E-state index contributed by atoms with van der Waals surface area (Å²) in [4.78, 5) is 0. The van der Waals surface area contributed by atoms with Crippen LogP contribution in [0.25, 0.3) is 5.70 Å².